The number of carbonyl (C=O) groups excluding carboxylic acids is 1. The van der Waals surface area contributed by atoms with Crippen LogP contribution in [0.15, 0.2) is 79.5 Å². The zero-order valence-electron chi connectivity index (χ0n) is 17.7. The fraction of sp³-hybridized carbons (Fsp3) is 0.0800. The first-order chi connectivity index (χ1) is 16.4. The predicted molar refractivity (Wildman–Crippen MR) is 125 cm³/mol. The lowest BCUT2D eigenvalue weighted by molar-refractivity contribution is -0.139. The molecule has 2 N–H and O–H groups in total. The Morgan fingerprint density at radius 1 is 1.12 bits per heavy atom. The Morgan fingerprint density at radius 3 is 2.85 bits per heavy atom. The van der Waals surface area contributed by atoms with Crippen LogP contribution in [0.3, 0.4) is 0 Å². The highest BCUT2D eigenvalue weighted by atomic mass is 19.4. The average Bonchev–Trinajstić information content (AvgIpc) is 3.43. The summed E-state index contributed by atoms with van der Waals surface area (Å²) in [5.74, 6) is -0.368. The van der Waals surface area contributed by atoms with Crippen molar-refractivity contribution in [3.63, 3.8) is 0 Å². The number of aromatic nitrogens is 4. The Labute approximate surface area is 191 Å². The van der Waals surface area contributed by atoms with E-state index in [1.807, 2.05) is 24.3 Å². The summed E-state index contributed by atoms with van der Waals surface area (Å²) in [6.07, 6.45) is 5.14. The van der Waals surface area contributed by atoms with Gasteiger partial charge in [0, 0.05) is 46.8 Å². The van der Waals surface area contributed by atoms with Crippen LogP contribution in [0.4, 0.5) is 18.9 Å². The third kappa shape index (κ3) is 4.54. The van der Waals surface area contributed by atoms with Gasteiger partial charge in [-0.25, -0.2) is 4.98 Å². The quantitative estimate of drug-likeness (QED) is 0.325. The molecule has 0 fully saturated rings. The number of halogens is 3. The van der Waals surface area contributed by atoms with Gasteiger partial charge >= 0.3 is 6.18 Å². The number of imidazole rings is 1. The molecular weight excluding hydrogens is 443 g/mol. The molecule has 0 atom stereocenters. The lowest BCUT2D eigenvalue weighted by Crippen LogP contribution is -2.16. The zero-order valence-corrected chi connectivity index (χ0v) is 17.7. The maximum absolute atomic E-state index is 12.7. The Balaban J connectivity index is 1.34. The van der Waals surface area contributed by atoms with Crippen LogP contribution in [0.25, 0.3) is 39.1 Å². The molecule has 9 heteroatoms. The van der Waals surface area contributed by atoms with Crippen LogP contribution in [-0.4, -0.2) is 31.6 Å². The van der Waals surface area contributed by atoms with Gasteiger partial charge in [0.05, 0.1) is 17.4 Å². The molecule has 0 spiro atoms. The van der Waals surface area contributed by atoms with Crippen molar-refractivity contribution in [2.75, 3.05) is 5.32 Å². The molecule has 0 unspecified atom stereocenters. The van der Waals surface area contributed by atoms with E-state index >= 15 is 0 Å². The fourth-order valence-corrected chi connectivity index (χ4v) is 3.86. The van der Waals surface area contributed by atoms with E-state index in [1.54, 1.807) is 49.1 Å². The first-order valence-corrected chi connectivity index (χ1v) is 10.4. The number of hydrogen-bond donors (Lipinski definition) is 2. The van der Waals surface area contributed by atoms with E-state index in [2.05, 4.69) is 20.3 Å². The molecule has 0 bridgehead atoms. The molecule has 0 saturated carbocycles. The van der Waals surface area contributed by atoms with Crippen molar-refractivity contribution in [3.05, 3.63) is 85.1 Å². The van der Waals surface area contributed by atoms with Gasteiger partial charge < -0.3 is 14.9 Å². The highest BCUT2D eigenvalue weighted by Gasteiger charge is 2.28. The molecule has 2 aromatic carbocycles. The van der Waals surface area contributed by atoms with Crippen LogP contribution in [-0.2, 0) is 11.3 Å². The second-order valence-corrected chi connectivity index (χ2v) is 7.75. The summed E-state index contributed by atoms with van der Waals surface area (Å²) in [6.45, 7) is -1.06. The van der Waals surface area contributed by atoms with Crippen molar-refractivity contribution in [3.8, 4) is 11.1 Å². The van der Waals surface area contributed by atoms with Crippen molar-refractivity contribution in [1.82, 2.24) is 19.5 Å². The number of alkyl halides is 3. The molecule has 5 rings (SSSR count). The van der Waals surface area contributed by atoms with E-state index in [9.17, 15) is 18.0 Å². The number of aromatic amines is 1. The van der Waals surface area contributed by atoms with Crippen molar-refractivity contribution < 1.29 is 18.0 Å². The number of fused-ring (bicyclic) bond motifs is 2. The number of pyridine rings is 1. The van der Waals surface area contributed by atoms with Crippen molar-refractivity contribution >= 4 is 39.6 Å². The number of hydrogen-bond acceptors (Lipinski definition) is 3. The Kier molecular flexibility index (Phi) is 5.37. The smallest absolute Gasteiger partial charge is 0.345 e. The topological polar surface area (TPSA) is 75.6 Å². The van der Waals surface area contributed by atoms with E-state index in [-0.39, 0.29) is 5.91 Å². The van der Waals surface area contributed by atoms with Crippen LogP contribution in [0.2, 0.25) is 0 Å². The molecule has 0 radical (unpaired) electrons. The standard InChI is InChI=1S/C25H18F3N5O/c26-25(27,28)14-33-10-8-17-11-19(3-5-23(17)33)32-24(34)6-2-18-13-29-9-7-20(18)16-1-4-21-22(12-16)31-15-30-21/h1-13,15H,14H2,(H,30,31)(H,32,34)/b6-2+. The lowest BCUT2D eigenvalue weighted by Gasteiger charge is -2.09. The number of amides is 1. The predicted octanol–water partition coefficient (Wildman–Crippen LogP) is 5.79. The van der Waals surface area contributed by atoms with Crippen molar-refractivity contribution in [2.24, 2.45) is 0 Å². The number of nitrogens with zero attached hydrogens (tertiary/aromatic N) is 3. The van der Waals surface area contributed by atoms with Gasteiger partial charge in [-0.1, -0.05) is 6.07 Å². The van der Waals surface area contributed by atoms with Crippen LogP contribution >= 0.6 is 0 Å². The number of H-pyrrole nitrogens is 1. The normalized spacial score (nSPS) is 12.1. The summed E-state index contributed by atoms with van der Waals surface area (Å²) in [5.41, 5.74) is 5.32. The molecule has 0 saturated heterocycles. The summed E-state index contributed by atoms with van der Waals surface area (Å²) in [5, 5.41) is 3.36. The number of anilines is 1. The fourth-order valence-electron chi connectivity index (χ4n) is 3.86. The molecule has 0 aliphatic carbocycles. The summed E-state index contributed by atoms with van der Waals surface area (Å²) in [7, 11) is 0. The van der Waals surface area contributed by atoms with E-state index in [1.165, 1.54) is 12.3 Å². The van der Waals surface area contributed by atoms with Crippen LogP contribution in [0.1, 0.15) is 5.56 Å². The lowest BCUT2D eigenvalue weighted by atomic mass is 10.0. The van der Waals surface area contributed by atoms with E-state index in [4.69, 9.17) is 0 Å². The van der Waals surface area contributed by atoms with Gasteiger partial charge in [0.25, 0.3) is 0 Å². The number of benzene rings is 2. The zero-order chi connectivity index (χ0) is 23.7. The van der Waals surface area contributed by atoms with Crippen LogP contribution in [0, 0.1) is 0 Å². The molecule has 170 valence electrons. The minimum absolute atomic E-state index is 0.368. The van der Waals surface area contributed by atoms with Gasteiger partial charge in [-0.15, -0.1) is 0 Å². The molecule has 0 aliphatic rings. The van der Waals surface area contributed by atoms with E-state index in [0.717, 1.165) is 32.3 Å². The minimum Gasteiger partial charge on any atom is -0.345 e. The monoisotopic (exact) mass is 461 g/mol. The van der Waals surface area contributed by atoms with Crippen molar-refractivity contribution in [2.45, 2.75) is 12.7 Å². The molecule has 34 heavy (non-hydrogen) atoms. The Morgan fingerprint density at radius 2 is 2.00 bits per heavy atom. The Bertz CT molecular complexity index is 1530. The molecule has 1 amide bonds. The van der Waals surface area contributed by atoms with Gasteiger partial charge in [0.2, 0.25) is 5.91 Å². The van der Waals surface area contributed by atoms with E-state index in [0.29, 0.717) is 16.6 Å². The molecular formula is C25H18F3N5O. The largest absolute Gasteiger partial charge is 0.406 e. The number of carbonyl (C=O) groups is 1. The second-order valence-electron chi connectivity index (χ2n) is 7.75. The van der Waals surface area contributed by atoms with Gasteiger partial charge in [-0.2, -0.15) is 13.2 Å². The highest BCUT2D eigenvalue weighted by Crippen LogP contribution is 2.27. The molecule has 3 heterocycles. The van der Waals surface area contributed by atoms with Crippen LogP contribution in [0.5, 0.6) is 0 Å². The van der Waals surface area contributed by atoms with Gasteiger partial charge in [0.1, 0.15) is 6.54 Å². The third-order valence-electron chi connectivity index (χ3n) is 5.39. The Hall–Kier alpha value is -4.40. The van der Waals surface area contributed by atoms with Crippen molar-refractivity contribution in [1.29, 1.82) is 0 Å². The van der Waals surface area contributed by atoms with Crippen LogP contribution < -0.4 is 5.32 Å². The summed E-state index contributed by atoms with van der Waals surface area (Å²) in [4.78, 5) is 24.0. The molecule has 0 aliphatic heterocycles. The highest BCUT2D eigenvalue weighted by molar-refractivity contribution is 6.03. The van der Waals surface area contributed by atoms with E-state index < -0.39 is 12.7 Å². The summed E-state index contributed by atoms with van der Waals surface area (Å²) >= 11 is 0. The molecule has 6 nitrogen and oxygen atoms in total. The first-order valence-electron chi connectivity index (χ1n) is 10.4. The maximum atomic E-state index is 12.7. The van der Waals surface area contributed by atoms with Gasteiger partial charge in [-0.3, -0.25) is 9.78 Å². The van der Waals surface area contributed by atoms with Gasteiger partial charge in [0.15, 0.2) is 0 Å². The number of nitrogens with one attached hydrogen (secondary N) is 2. The van der Waals surface area contributed by atoms with Gasteiger partial charge in [-0.05, 0) is 59.7 Å². The third-order valence-corrected chi connectivity index (χ3v) is 5.39. The first kappa shape index (κ1) is 21.4. The second kappa shape index (κ2) is 8.51. The summed E-state index contributed by atoms with van der Waals surface area (Å²) in [6, 6.07) is 14.1. The number of rotatable bonds is 5. The maximum Gasteiger partial charge on any atom is 0.406 e. The molecule has 5 aromatic rings. The minimum atomic E-state index is -4.31. The average molecular weight is 461 g/mol. The summed E-state index contributed by atoms with van der Waals surface area (Å²) < 4.78 is 39.3. The molecule has 3 aromatic heterocycles. The SMILES string of the molecule is O=C(/C=C/c1cnccc1-c1ccc2nc[nH]c2c1)Nc1ccc2c(ccn2CC(F)(F)F)c1.